The van der Waals surface area contributed by atoms with Gasteiger partial charge < -0.3 is 0 Å². The highest BCUT2D eigenvalue weighted by atomic mass is 32.1. The zero-order valence-electron chi connectivity index (χ0n) is 3.56. The molecule has 0 aromatic carbocycles. The molecular weight excluding hydrogens is 98.1 g/mol. The Morgan fingerprint density at radius 3 is 2.50 bits per heavy atom. The molecule has 0 aromatic heterocycles. The van der Waals surface area contributed by atoms with Crippen LogP contribution in [0.1, 0.15) is 13.3 Å². The highest BCUT2D eigenvalue weighted by molar-refractivity contribution is 7.80. The van der Waals surface area contributed by atoms with E-state index in [0.717, 1.165) is 0 Å². The minimum Gasteiger partial charge on any atom is -0.291 e. The van der Waals surface area contributed by atoms with Crippen LogP contribution in [-0.2, 0) is 0 Å². The summed E-state index contributed by atoms with van der Waals surface area (Å²) < 4.78 is 0. The maximum Gasteiger partial charge on any atom is 0.0998 e. The standard InChI is InChI=1S/C3H7NOS/c1-2-3(6)4-5/h5H,2H2,1H3,(H,4,6). The maximum atomic E-state index is 7.94. The summed E-state index contributed by atoms with van der Waals surface area (Å²) in [5.74, 6) is 0. The van der Waals surface area contributed by atoms with E-state index in [9.17, 15) is 0 Å². The van der Waals surface area contributed by atoms with Crippen LogP contribution in [0.15, 0.2) is 0 Å². The average Bonchev–Trinajstić information content (AvgIpc) is 1.65. The van der Waals surface area contributed by atoms with Gasteiger partial charge in [-0.25, -0.2) is 0 Å². The maximum absolute atomic E-state index is 7.94. The molecule has 0 spiro atoms. The van der Waals surface area contributed by atoms with E-state index in [1.54, 1.807) is 0 Å². The second-order valence-electron chi connectivity index (χ2n) is 0.889. The van der Waals surface area contributed by atoms with Gasteiger partial charge in [0.1, 0.15) is 0 Å². The highest BCUT2D eigenvalue weighted by Gasteiger charge is 1.80. The highest BCUT2D eigenvalue weighted by Crippen LogP contribution is 1.74. The van der Waals surface area contributed by atoms with Crippen molar-refractivity contribution in [1.82, 2.24) is 5.48 Å². The summed E-state index contributed by atoms with van der Waals surface area (Å²) in [4.78, 5) is 0.481. The van der Waals surface area contributed by atoms with E-state index in [1.807, 2.05) is 12.4 Å². The summed E-state index contributed by atoms with van der Waals surface area (Å²) in [5, 5.41) is 7.94. The van der Waals surface area contributed by atoms with Crippen molar-refractivity contribution < 1.29 is 5.21 Å². The predicted octanol–water partition coefficient (Wildman–Crippen LogP) is 0.703. The first-order valence-corrected chi connectivity index (χ1v) is 2.15. The summed E-state index contributed by atoms with van der Waals surface area (Å²) in [6, 6.07) is 0. The van der Waals surface area contributed by atoms with E-state index in [4.69, 9.17) is 5.21 Å². The lowest BCUT2D eigenvalue weighted by Gasteiger charge is -1.90. The molecule has 0 heterocycles. The van der Waals surface area contributed by atoms with Crippen molar-refractivity contribution in [3.63, 3.8) is 0 Å². The van der Waals surface area contributed by atoms with Gasteiger partial charge in [-0.2, -0.15) is 0 Å². The molecule has 0 bridgehead atoms. The van der Waals surface area contributed by atoms with Crippen LogP contribution in [-0.4, -0.2) is 10.2 Å². The molecule has 0 rings (SSSR count). The lowest BCUT2D eigenvalue weighted by Crippen LogP contribution is -2.13. The van der Waals surface area contributed by atoms with Crippen LogP contribution in [0, 0.1) is 0 Å². The van der Waals surface area contributed by atoms with Gasteiger partial charge in [0.15, 0.2) is 0 Å². The molecule has 6 heavy (non-hydrogen) atoms. The normalized spacial score (nSPS) is 7.67. The van der Waals surface area contributed by atoms with Gasteiger partial charge in [0, 0.05) is 0 Å². The summed E-state index contributed by atoms with van der Waals surface area (Å²) in [5.41, 5.74) is 1.85. The van der Waals surface area contributed by atoms with E-state index in [2.05, 4.69) is 12.2 Å². The Balaban J connectivity index is 2.99. The molecule has 0 radical (unpaired) electrons. The molecule has 0 unspecified atom stereocenters. The zero-order chi connectivity index (χ0) is 4.99. The molecule has 2 N–H and O–H groups in total. The first-order valence-electron chi connectivity index (χ1n) is 1.74. The van der Waals surface area contributed by atoms with Crippen LogP contribution in [0.3, 0.4) is 0 Å². The van der Waals surface area contributed by atoms with Crippen molar-refractivity contribution in [3.05, 3.63) is 0 Å². The Morgan fingerprint density at radius 2 is 2.50 bits per heavy atom. The minimum atomic E-state index is 0.481. The molecular formula is C3H7NOS. The van der Waals surface area contributed by atoms with Crippen molar-refractivity contribution in [2.24, 2.45) is 0 Å². The SMILES string of the molecule is CCC(=S)NO. The lowest BCUT2D eigenvalue weighted by atomic mass is 10.5. The number of hydrogen-bond donors (Lipinski definition) is 2. The summed E-state index contributed by atoms with van der Waals surface area (Å²) in [6.45, 7) is 1.87. The molecule has 3 heteroatoms. The van der Waals surface area contributed by atoms with Gasteiger partial charge in [0.05, 0.1) is 4.99 Å². The first kappa shape index (κ1) is 5.85. The van der Waals surface area contributed by atoms with Crippen molar-refractivity contribution >= 4 is 17.2 Å². The van der Waals surface area contributed by atoms with Crippen LogP contribution in [0.4, 0.5) is 0 Å². The van der Waals surface area contributed by atoms with Crippen molar-refractivity contribution in [2.45, 2.75) is 13.3 Å². The Morgan fingerprint density at radius 1 is 2.00 bits per heavy atom. The van der Waals surface area contributed by atoms with Gasteiger partial charge in [-0.3, -0.25) is 10.7 Å². The number of rotatable bonds is 1. The monoisotopic (exact) mass is 105 g/mol. The summed E-state index contributed by atoms with van der Waals surface area (Å²) in [6.07, 6.45) is 0.700. The van der Waals surface area contributed by atoms with Gasteiger partial charge in [-0.15, -0.1) is 0 Å². The molecule has 0 amide bonds. The number of nitrogens with one attached hydrogen (secondary N) is 1. The molecule has 0 atom stereocenters. The second kappa shape index (κ2) is 3.06. The topological polar surface area (TPSA) is 32.3 Å². The fourth-order valence-electron chi connectivity index (χ4n) is 0.0791. The Kier molecular flexibility index (Phi) is 2.98. The molecule has 0 fully saturated rings. The molecule has 0 aliphatic heterocycles. The third-order valence-corrected chi connectivity index (χ3v) is 0.826. The van der Waals surface area contributed by atoms with E-state index >= 15 is 0 Å². The molecule has 36 valence electrons. The van der Waals surface area contributed by atoms with E-state index < -0.39 is 0 Å². The fraction of sp³-hybridized carbons (Fsp3) is 0.667. The van der Waals surface area contributed by atoms with Gasteiger partial charge in [0.2, 0.25) is 0 Å². The van der Waals surface area contributed by atoms with E-state index in [0.29, 0.717) is 11.4 Å². The molecule has 2 nitrogen and oxygen atoms in total. The number of hydroxylamine groups is 1. The number of hydrogen-bond acceptors (Lipinski definition) is 2. The fourth-order valence-corrected chi connectivity index (χ4v) is 0.0791. The predicted molar refractivity (Wildman–Crippen MR) is 27.8 cm³/mol. The van der Waals surface area contributed by atoms with Crippen LogP contribution in [0.25, 0.3) is 0 Å². The van der Waals surface area contributed by atoms with Gasteiger partial charge in [-0.1, -0.05) is 19.1 Å². The van der Waals surface area contributed by atoms with Crippen molar-refractivity contribution in [3.8, 4) is 0 Å². The quantitative estimate of drug-likeness (QED) is 0.380. The third kappa shape index (κ3) is 2.11. The third-order valence-electron chi connectivity index (χ3n) is 0.446. The molecule has 0 aliphatic carbocycles. The Hall–Kier alpha value is -0.150. The molecule has 0 aromatic rings. The molecule has 0 aliphatic rings. The van der Waals surface area contributed by atoms with Crippen LogP contribution in [0.5, 0.6) is 0 Å². The van der Waals surface area contributed by atoms with Crippen LogP contribution < -0.4 is 5.48 Å². The average molecular weight is 105 g/mol. The van der Waals surface area contributed by atoms with Gasteiger partial charge in [-0.05, 0) is 6.42 Å². The van der Waals surface area contributed by atoms with Crippen molar-refractivity contribution in [2.75, 3.05) is 0 Å². The molecule has 0 saturated heterocycles. The van der Waals surface area contributed by atoms with Crippen molar-refractivity contribution in [1.29, 1.82) is 0 Å². The van der Waals surface area contributed by atoms with Crippen LogP contribution in [0.2, 0.25) is 0 Å². The Labute approximate surface area is 42.1 Å². The zero-order valence-corrected chi connectivity index (χ0v) is 4.38. The van der Waals surface area contributed by atoms with Gasteiger partial charge >= 0.3 is 0 Å². The minimum absolute atomic E-state index is 0.481. The van der Waals surface area contributed by atoms with E-state index in [1.165, 1.54) is 0 Å². The molecule has 0 saturated carbocycles. The summed E-state index contributed by atoms with van der Waals surface area (Å²) in [7, 11) is 0. The second-order valence-corrected chi connectivity index (χ2v) is 1.38. The lowest BCUT2D eigenvalue weighted by molar-refractivity contribution is 0.235. The number of thiocarbonyl (C=S) groups is 1. The smallest absolute Gasteiger partial charge is 0.0998 e. The summed E-state index contributed by atoms with van der Waals surface area (Å²) >= 11 is 4.50. The first-order chi connectivity index (χ1) is 2.81. The largest absolute Gasteiger partial charge is 0.291 e. The van der Waals surface area contributed by atoms with Gasteiger partial charge in [0.25, 0.3) is 0 Å². The Bertz CT molecular complexity index is 48.8. The van der Waals surface area contributed by atoms with E-state index in [-0.39, 0.29) is 0 Å². The van der Waals surface area contributed by atoms with Crippen LogP contribution >= 0.6 is 12.2 Å².